The average molecular weight is 320 g/mol. The number of hydrogen-bond acceptors (Lipinski definition) is 3. The number of aliphatic hydroxyl groups is 1. The van der Waals surface area contributed by atoms with E-state index in [0.29, 0.717) is 12.1 Å². The minimum atomic E-state index is -1.08. The van der Waals surface area contributed by atoms with Gasteiger partial charge in [0, 0.05) is 11.8 Å². The van der Waals surface area contributed by atoms with Gasteiger partial charge in [-0.05, 0) is 36.8 Å². The van der Waals surface area contributed by atoms with Crippen LogP contribution in [-0.4, -0.2) is 33.5 Å². The molecule has 0 unspecified atom stereocenters. The van der Waals surface area contributed by atoms with E-state index in [0.717, 1.165) is 12.1 Å². The first-order valence-electron chi connectivity index (χ1n) is 7.33. The number of aliphatic hydroxyl groups excluding tert-OH is 1. The lowest BCUT2D eigenvalue weighted by atomic mass is 10.1. The van der Waals surface area contributed by atoms with Crippen molar-refractivity contribution < 1.29 is 18.7 Å². The number of nitrogens with zero attached hydrogens (tertiary/aromatic N) is 2. The van der Waals surface area contributed by atoms with Crippen molar-refractivity contribution in [1.29, 1.82) is 0 Å². The zero-order valence-corrected chi connectivity index (χ0v) is 12.7. The van der Waals surface area contributed by atoms with E-state index in [1.165, 1.54) is 11.0 Å². The van der Waals surface area contributed by atoms with Crippen LogP contribution in [0, 0.1) is 11.6 Å². The molecule has 1 heterocycles. The van der Waals surface area contributed by atoms with E-state index in [4.69, 9.17) is 0 Å². The fraction of sp³-hybridized carbons (Fsp3) is 0.294. The van der Waals surface area contributed by atoms with Crippen LogP contribution in [0.2, 0.25) is 0 Å². The molecule has 2 aromatic rings. The van der Waals surface area contributed by atoms with Gasteiger partial charge in [0.15, 0.2) is 11.6 Å². The summed E-state index contributed by atoms with van der Waals surface area (Å²) in [6.45, 7) is 1.79. The molecule has 122 valence electrons. The lowest BCUT2D eigenvalue weighted by Gasteiger charge is -2.30. The smallest absolute Gasteiger partial charge is 0.254 e. The van der Waals surface area contributed by atoms with Crippen molar-refractivity contribution >= 4 is 5.91 Å². The number of carbonyl (C=O) groups excluding carboxylic acids is 1. The Morgan fingerprint density at radius 3 is 2.61 bits per heavy atom. The molecule has 0 aliphatic carbocycles. The lowest BCUT2D eigenvalue weighted by molar-refractivity contribution is 0.0560. The van der Waals surface area contributed by atoms with Crippen molar-refractivity contribution in [2.24, 2.45) is 0 Å². The van der Waals surface area contributed by atoms with E-state index in [2.05, 4.69) is 4.98 Å². The van der Waals surface area contributed by atoms with Crippen LogP contribution >= 0.6 is 0 Å². The molecular formula is C17H18F2N2O2. The van der Waals surface area contributed by atoms with E-state index >= 15 is 0 Å². The van der Waals surface area contributed by atoms with Gasteiger partial charge in [0.05, 0.1) is 24.9 Å². The highest BCUT2D eigenvalue weighted by Crippen LogP contribution is 2.16. The van der Waals surface area contributed by atoms with Crippen molar-refractivity contribution in [2.45, 2.75) is 25.9 Å². The van der Waals surface area contributed by atoms with E-state index < -0.39 is 23.6 Å². The fourth-order valence-electron chi connectivity index (χ4n) is 2.28. The summed E-state index contributed by atoms with van der Waals surface area (Å²) in [5.74, 6) is -2.56. The van der Waals surface area contributed by atoms with Crippen LogP contribution in [0.1, 0.15) is 29.4 Å². The summed E-state index contributed by atoms with van der Waals surface area (Å²) in [6.07, 6.45) is 2.13. The second-order valence-electron chi connectivity index (χ2n) is 5.13. The molecule has 0 fully saturated rings. The van der Waals surface area contributed by atoms with E-state index in [1.807, 2.05) is 6.92 Å². The Kier molecular flexibility index (Phi) is 5.76. The van der Waals surface area contributed by atoms with Gasteiger partial charge in [-0.15, -0.1) is 0 Å². The largest absolute Gasteiger partial charge is 0.394 e. The van der Waals surface area contributed by atoms with Gasteiger partial charge in [-0.3, -0.25) is 9.78 Å². The second kappa shape index (κ2) is 7.78. The molecule has 0 bridgehead atoms. The van der Waals surface area contributed by atoms with Crippen molar-refractivity contribution in [2.75, 3.05) is 6.61 Å². The summed E-state index contributed by atoms with van der Waals surface area (Å²) in [5, 5.41) is 9.52. The summed E-state index contributed by atoms with van der Waals surface area (Å²) in [6, 6.07) is 7.90. The third kappa shape index (κ3) is 4.10. The number of halogens is 2. The zero-order chi connectivity index (χ0) is 16.8. The molecule has 4 nitrogen and oxygen atoms in total. The predicted molar refractivity (Wildman–Crippen MR) is 81.6 cm³/mol. The second-order valence-corrected chi connectivity index (χ2v) is 5.13. The van der Waals surface area contributed by atoms with Gasteiger partial charge in [0.2, 0.25) is 0 Å². The first kappa shape index (κ1) is 17.0. The number of benzene rings is 1. The van der Waals surface area contributed by atoms with Crippen molar-refractivity contribution in [3.05, 3.63) is 65.5 Å². The van der Waals surface area contributed by atoms with Gasteiger partial charge >= 0.3 is 0 Å². The molecule has 0 radical (unpaired) electrons. The Balaban J connectivity index is 2.31. The summed E-state index contributed by atoms with van der Waals surface area (Å²) >= 11 is 0. The Morgan fingerprint density at radius 2 is 2.04 bits per heavy atom. The van der Waals surface area contributed by atoms with Gasteiger partial charge in [-0.2, -0.15) is 0 Å². The summed E-state index contributed by atoms with van der Waals surface area (Å²) < 4.78 is 26.4. The Labute approximate surface area is 133 Å². The molecular weight excluding hydrogens is 302 g/mol. The topological polar surface area (TPSA) is 53.4 Å². The first-order valence-corrected chi connectivity index (χ1v) is 7.33. The number of pyridine rings is 1. The van der Waals surface area contributed by atoms with Gasteiger partial charge in [0.25, 0.3) is 5.91 Å². The maximum Gasteiger partial charge on any atom is 0.254 e. The third-order valence-corrected chi connectivity index (χ3v) is 3.61. The predicted octanol–water partition coefficient (Wildman–Crippen LogP) is 2.77. The molecule has 1 atom stereocenters. The third-order valence-electron chi connectivity index (χ3n) is 3.61. The van der Waals surface area contributed by atoms with E-state index in [9.17, 15) is 18.7 Å². The Morgan fingerprint density at radius 1 is 1.26 bits per heavy atom. The highest BCUT2D eigenvalue weighted by molar-refractivity contribution is 5.94. The normalized spacial score (nSPS) is 12.0. The maximum atomic E-state index is 13.4. The minimum absolute atomic E-state index is 0.0340. The van der Waals surface area contributed by atoms with Gasteiger partial charge in [-0.25, -0.2) is 8.78 Å². The number of rotatable bonds is 6. The summed E-state index contributed by atoms with van der Waals surface area (Å²) in [5.41, 5.74) is 0.682. The molecule has 1 aromatic carbocycles. The molecule has 6 heteroatoms. The SMILES string of the molecule is CC[C@H](CO)N(Cc1ccccn1)C(=O)c1ccc(F)c(F)c1. The highest BCUT2D eigenvalue weighted by atomic mass is 19.2. The monoisotopic (exact) mass is 320 g/mol. The molecule has 23 heavy (non-hydrogen) atoms. The van der Waals surface area contributed by atoms with Gasteiger partial charge < -0.3 is 10.0 Å². The van der Waals surface area contributed by atoms with Gasteiger partial charge in [0.1, 0.15) is 0 Å². The summed E-state index contributed by atoms with van der Waals surface area (Å²) in [7, 11) is 0. The standard InChI is InChI=1S/C17H18F2N2O2/c1-2-14(11-22)21(10-13-5-3-4-8-20-13)17(23)12-6-7-15(18)16(19)9-12/h3-9,14,22H,2,10-11H2,1H3/t14-/m1/s1. The number of amides is 1. The molecule has 1 N–H and O–H groups in total. The van der Waals surface area contributed by atoms with Crippen LogP contribution in [0.25, 0.3) is 0 Å². The van der Waals surface area contributed by atoms with Crippen LogP contribution in [0.15, 0.2) is 42.6 Å². The van der Waals surface area contributed by atoms with Crippen molar-refractivity contribution in [3.63, 3.8) is 0 Å². The Bertz CT molecular complexity index is 661. The highest BCUT2D eigenvalue weighted by Gasteiger charge is 2.24. The first-order chi connectivity index (χ1) is 11.1. The average Bonchev–Trinajstić information content (AvgIpc) is 2.58. The fourth-order valence-corrected chi connectivity index (χ4v) is 2.28. The summed E-state index contributed by atoms with van der Waals surface area (Å²) in [4.78, 5) is 18.3. The van der Waals surface area contributed by atoms with Crippen molar-refractivity contribution in [3.8, 4) is 0 Å². The van der Waals surface area contributed by atoms with E-state index in [1.54, 1.807) is 24.4 Å². The van der Waals surface area contributed by atoms with E-state index in [-0.39, 0.29) is 18.7 Å². The zero-order valence-electron chi connectivity index (χ0n) is 12.7. The van der Waals surface area contributed by atoms with Crippen LogP contribution in [0.5, 0.6) is 0 Å². The lowest BCUT2D eigenvalue weighted by Crippen LogP contribution is -2.42. The molecule has 2 rings (SSSR count). The van der Waals surface area contributed by atoms with Gasteiger partial charge in [-0.1, -0.05) is 13.0 Å². The number of aromatic nitrogens is 1. The molecule has 0 saturated carbocycles. The number of hydrogen-bond donors (Lipinski definition) is 1. The van der Waals surface area contributed by atoms with Crippen LogP contribution in [-0.2, 0) is 6.54 Å². The molecule has 0 aliphatic rings. The van der Waals surface area contributed by atoms with Crippen LogP contribution in [0.3, 0.4) is 0 Å². The minimum Gasteiger partial charge on any atom is -0.394 e. The van der Waals surface area contributed by atoms with Crippen LogP contribution in [0.4, 0.5) is 8.78 Å². The molecule has 0 saturated heterocycles. The number of carbonyl (C=O) groups is 1. The molecule has 1 aromatic heterocycles. The Hall–Kier alpha value is -2.34. The van der Waals surface area contributed by atoms with Crippen LogP contribution < -0.4 is 0 Å². The quantitative estimate of drug-likeness (QED) is 0.890. The van der Waals surface area contributed by atoms with Crippen molar-refractivity contribution in [1.82, 2.24) is 9.88 Å². The molecule has 1 amide bonds. The molecule has 0 aliphatic heterocycles. The molecule has 0 spiro atoms. The maximum absolute atomic E-state index is 13.4.